The van der Waals surface area contributed by atoms with Gasteiger partial charge in [0, 0.05) is 23.2 Å². The van der Waals surface area contributed by atoms with Crippen molar-refractivity contribution in [3.63, 3.8) is 0 Å². The second kappa shape index (κ2) is 4.01. The molecule has 2 N–H and O–H groups in total. The fourth-order valence-electron chi connectivity index (χ4n) is 2.40. The van der Waals surface area contributed by atoms with Gasteiger partial charge in [-0.2, -0.15) is 0 Å². The predicted molar refractivity (Wildman–Crippen MR) is 57.2 cm³/mol. The summed E-state index contributed by atoms with van der Waals surface area (Å²) in [5.41, 5.74) is 5.21. The molecule has 0 saturated heterocycles. The van der Waals surface area contributed by atoms with Crippen molar-refractivity contribution in [1.29, 1.82) is 0 Å². The zero-order valence-corrected chi connectivity index (χ0v) is 9.22. The Morgan fingerprint density at radius 2 is 1.69 bits per heavy atom. The lowest BCUT2D eigenvalue weighted by atomic mass is 9.88. The number of ether oxygens (including phenoxy) is 1. The van der Waals surface area contributed by atoms with E-state index in [2.05, 4.69) is 0 Å². The van der Waals surface area contributed by atoms with Crippen LogP contribution in [-0.2, 0) is 5.54 Å². The van der Waals surface area contributed by atoms with Crippen LogP contribution in [0.4, 0.5) is 8.78 Å². The minimum absolute atomic E-state index is 0.00537. The van der Waals surface area contributed by atoms with E-state index in [0.29, 0.717) is 12.8 Å². The van der Waals surface area contributed by atoms with Gasteiger partial charge in [-0.3, -0.25) is 0 Å². The summed E-state index contributed by atoms with van der Waals surface area (Å²) in [5.74, 6) is -1.04. The van der Waals surface area contributed by atoms with Crippen LogP contribution in [0.1, 0.15) is 31.2 Å². The highest BCUT2D eigenvalue weighted by atomic mass is 19.1. The van der Waals surface area contributed by atoms with Crippen LogP contribution in [0.5, 0.6) is 5.75 Å². The zero-order valence-electron chi connectivity index (χ0n) is 9.22. The third kappa shape index (κ3) is 1.78. The summed E-state index contributed by atoms with van der Waals surface area (Å²) in [6, 6.07) is 2.37. The van der Waals surface area contributed by atoms with Gasteiger partial charge in [0.25, 0.3) is 0 Å². The molecule has 1 aliphatic rings. The van der Waals surface area contributed by atoms with Crippen molar-refractivity contribution in [1.82, 2.24) is 0 Å². The fourth-order valence-corrected chi connectivity index (χ4v) is 2.40. The Labute approximate surface area is 93.4 Å². The van der Waals surface area contributed by atoms with Crippen LogP contribution in [0.15, 0.2) is 12.1 Å². The standard InChI is InChI=1S/C12H15F2NO/c1-16-8-6-9(13)11(10(14)7-8)12(15)4-2-3-5-12/h6-7H,2-5,15H2,1H3. The molecule has 0 aromatic heterocycles. The van der Waals surface area contributed by atoms with E-state index in [1.807, 2.05) is 0 Å². The maximum absolute atomic E-state index is 13.8. The summed E-state index contributed by atoms with van der Waals surface area (Å²) in [7, 11) is 1.38. The molecule has 0 aliphatic heterocycles. The molecule has 4 heteroatoms. The molecule has 1 aliphatic carbocycles. The zero-order chi connectivity index (χ0) is 11.8. The normalized spacial score (nSPS) is 18.8. The number of rotatable bonds is 2. The van der Waals surface area contributed by atoms with Crippen molar-refractivity contribution in [3.8, 4) is 5.75 Å². The molecule has 2 rings (SSSR count). The van der Waals surface area contributed by atoms with Crippen molar-refractivity contribution in [2.24, 2.45) is 5.73 Å². The molecule has 1 fully saturated rings. The van der Waals surface area contributed by atoms with Gasteiger partial charge in [0.1, 0.15) is 17.4 Å². The van der Waals surface area contributed by atoms with Crippen molar-refractivity contribution in [3.05, 3.63) is 29.3 Å². The van der Waals surface area contributed by atoms with Gasteiger partial charge in [0.05, 0.1) is 7.11 Å². The second-order valence-electron chi connectivity index (χ2n) is 4.33. The first-order valence-electron chi connectivity index (χ1n) is 5.39. The quantitative estimate of drug-likeness (QED) is 0.843. The molecule has 1 aromatic carbocycles. The van der Waals surface area contributed by atoms with Crippen LogP contribution in [0.2, 0.25) is 0 Å². The molecule has 0 heterocycles. The van der Waals surface area contributed by atoms with Crippen LogP contribution in [-0.4, -0.2) is 7.11 Å². The molecule has 0 atom stereocenters. The number of nitrogens with two attached hydrogens (primary N) is 1. The Bertz CT molecular complexity index is 377. The van der Waals surface area contributed by atoms with E-state index in [0.717, 1.165) is 12.8 Å². The van der Waals surface area contributed by atoms with Crippen LogP contribution in [0, 0.1) is 11.6 Å². The van der Waals surface area contributed by atoms with Crippen molar-refractivity contribution in [2.75, 3.05) is 7.11 Å². The van der Waals surface area contributed by atoms with Gasteiger partial charge in [-0.25, -0.2) is 8.78 Å². The molecule has 1 aromatic rings. The molecule has 16 heavy (non-hydrogen) atoms. The fraction of sp³-hybridized carbons (Fsp3) is 0.500. The highest BCUT2D eigenvalue weighted by Gasteiger charge is 2.36. The van der Waals surface area contributed by atoms with Crippen molar-refractivity contribution >= 4 is 0 Å². The third-order valence-electron chi connectivity index (χ3n) is 3.24. The van der Waals surface area contributed by atoms with E-state index in [4.69, 9.17) is 10.5 Å². The molecule has 0 unspecified atom stereocenters. The SMILES string of the molecule is COc1cc(F)c(C2(N)CCCC2)c(F)c1. The van der Waals surface area contributed by atoms with Crippen LogP contribution >= 0.6 is 0 Å². The number of methoxy groups -OCH3 is 1. The maximum atomic E-state index is 13.8. The topological polar surface area (TPSA) is 35.2 Å². The van der Waals surface area contributed by atoms with E-state index in [1.165, 1.54) is 19.2 Å². The van der Waals surface area contributed by atoms with Crippen molar-refractivity contribution in [2.45, 2.75) is 31.2 Å². The Morgan fingerprint density at radius 1 is 1.19 bits per heavy atom. The third-order valence-corrected chi connectivity index (χ3v) is 3.24. The average Bonchev–Trinajstić information content (AvgIpc) is 2.64. The molecule has 0 spiro atoms. The van der Waals surface area contributed by atoms with Gasteiger partial charge in [-0.15, -0.1) is 0 Å². The summed E-state index contributed by atoms with van der Waals surface area (Å²) in [6.07, 6.45) is 3.10. The monoisotopic (exact) mass is 227 g/mol. The average molecular weight is 227 g/mol. The predicted octanol–water partition coefficient (Wildman–Crippen LogP) is 2.70. The van der Waals surface area contributed by atoms with Gasteiger partial charge < -0.3 is 10.5 Å². The van der Waals surface area contributed by atoms with E-state index < -0.39 is 17.2 Å². The first kappa shape index (κ1) is 11.3. The summed E-state index contributed by atoms with van der Waals surface area (Å²) in [5, 5.41) is 0. The summed E-state index contributed by atoms with van der Waals surface area (Å²) in [4.78, 5) is 0. The lowest BCUT2D eigenvalue weighted by Crippen LogP contribution is -2.35. The summed E-state index contributed by atoms with van der Waals surface area (Å²) >= 11 is 0. The largest absolute Gasteiger partial charge is 0.497 e. The van der Waals surface area contributed by atoms with Gasteiger partial charge in [-0.1, -0.05) is 12.8 Å². The van der Waals surface area contributed by atoms with Crippen molar-refractivity contribution < 1.29 is 13.5 Å². The number of halogens is 2. The molecule has 88 valence electrons. The van der Waals surface area contributed by atoms with Gasteiger partial charge in [-0.05, 0) is 12.8 Å². The Kier molecular flexibility index (Phi) is 2.84. The number of hydrogen-bond donors (Lipinski definition) is 1. The molecule has 2 nitrogen and oxygen atoms in total. The number of benzene rings is 1. The van der Waals surface area contributed by atoms with E-state index in [1.54, 1.807) is 0 Å². The van der Waals surface area contributed by atoms with Gasteiger partial charge >= 0.3 is 0 Å². The Balaban J connectivity index is 2.48. The Hall–Kier alpha value is -1.16. The smallest absolute Gasteiger partial charge is 0.134 e. The molecule has 0 amide bonds. The van der Waals surface area contributed by atoms with E-state index >= 15 is 0 Å². The molecular formula is C12H15F2NO. The lowest BCUT2D eigenvalue weighted by molar-refractivity contribution is 0.383. The van der Waals surface area contributed by atoms with E-state index in [-0.39, 0.29) is 11.3 Å². The van der Waals surface area contributed by atoms with Gasteiger partial charge in [0.15, 0.2) is 0 Å². The maximum Gasteiger partial charge on any atom is 0.134 e. The van der Waals surface area contributed by atoms with E-state index in [9.17, 15) is 8.78 Å². The summed E-state index contributed by atoms with van der Waals surface area (Å²) in [6.45, 7) is 0. The van der Waals surface area contributed by atoms with Crippen LogP contribution in [0.3, 0.4) is 0 Å². The van der Waals surface area contributed by atoms with Gasteiger partial charge in [0.2, 0.25) is 0 Å². The lowest BCUT2D eigenvalue weighted by Gasteiger charge is -2.25. The number of hydrogen-bond acceptors (Lipinski definition) is 2. The molecule has 1 saturated carbocycles. The minimum Gasteiger partial charge on any atom is -0.497 e. The highest BCUT2D eigenvalue weighted by molar-refractivity contribution is 5.35. The second-order valence-corrected chi connectivity index (χ2v) is 4.33. The first-order valence-corrected chi connectivity index (χ1v) is 5.39. The molecule has 0 bridgehead atoms. The summed E-state index contributed by atoms with van der Waals surface area (Å²) < 4.78 is 32.4. The van der Waals surface area contributed by atoms with Crippen LogP contribution < -0.4 is 10.5 Å². The molecule has 0 radical (unpaired) electrons. The van der Waals surface area contributed by atoms with Crippen LogP contribution in [0.25, 0.3) is 0 Å². The Morgan fingerprint density at radius 3 is 2.12 bits per heavy atom. The highest BCUT2D eigenvalue weighted by Crippen LogP contribution is 2.39. The first-order chi connectivity index (χ1) is 7.57. The molecular weight excluding hydrogens is 212 g/mol. The minimum atomic E-state index is -0.847.